The van der Waals surface area contributed by atoms with E-state index in [0.29, 0.717) is 12.1 Å². The average Bonchev–Trinajstić information content (AvgIpc) is 2.13. The van der Waals surface area contributed by atoms with Crippen molar-refractivity contribution in [2.45, 2.75) is 20.0 Å². The zero-order valence-corrected chi connectivity index (χ0v) is 8.76. The molecule has 1 rings (SSSR count). The van der Waals surface area contributed by atoms with Gasteiger partial charge in [0.1, 0.15) is 5.82 Å². The Balaban J connectivity index is 3.11. The van der Waals surface area contributed by atoms with Crippen LogP contribution in [-0.4, -0.2) is 18.7 Å². The second kappa shape index (κ2) is 4.53. The van der Waals surface area contributed by atoms with Gasteiger partial charge in [-0.1, -0.05) is 6.07 Å². The highest BCUT2D eigenvalue weighted by Crippen LogP contribution is 2.23. The predicted molar refractivity (Wildman–Crippen MR) is 54.8 cm³/mol. The molecule has 0 aliphatic rings. The Morgan fingerprint density at radius 1 is 1.43 bits per heavy atom. The highest BCUT2D eigenvalue weighted by Gasteiger charge is 2.15. The van der Waals surface area contributed by atoms with Crippen LogP contribution in [0.15, 0.2) is 12.1 Å². The van der Waals surface area contributed by atoms with Gasteiger partial charge < -0.3 is 10.4 Å². The first-order chi connectivity index (χ1) is 6.57. The molecule has 78 valence electrons. The second-order valence-electron chi connectivity index (χ2n) is 3.48. The quantitative estimate of drug-likeness (QED) is 0.773. The fraction of sp³-hybridized carbons (Fsp3) is 0.455. The number of aliphatic hydroxyl groups is 1. The van der Waals surface area contributed by atoms with E-state index in [1.807, 2.05) is 13.8 Å². The van der Waals surface area contributed by atoms with Gasteiger partial charge in [0, 0.05) is 12.1 Å². The molecule has 1 atom stereocenters. The molecule has 0 aliphatic heterocycles. The molecule has 2 N–H and O–H groups in total. The molecule has 0 saturated carbocycles. The lowest BCUT2D eigenvalue weighted by Crippen LogP contribution is -2.18. The van der Waals surface area contributed by atoms with E-state index in [-0.39, 0.29) is 5.82 Å². The number of benzene rings is 1. The number of aliphatic hydroxyl groups excluding tert-OH is 1. The van der Waals surface area contributed by atoms with Crippen LogP contribution in [0.25, 0.3) is 0 Å². The Morgan fingerprint density at radius 2 is 2.07 bits per heavy atom. The van der Waals surface area contributed by atoms with Crippen molar-refractivity contribution >= 4 is 0 Å². The summed E-state index contributed by atoms with van der Waals surface area (Å²) in [5.74, 6) is -0.337. The van der Waals surface area contributed by atoms with Crippen LogP contribution in [0, 0.1) is 19.7 Å². The number of rotatable bonds is 3. The van der Waals surface area contributed by atoms with Crippen molar-refractivity contribution < 1.29 is 9.50 Å². The molecule has 0 heterocycles. The van der Waals surface area contributed by atoms with Gasteiger partial charge in [-0.25, -0.2) is 4.39 Å². The summed E-state index contributed by atoms with van der Waals surface area (Å²) in [5.41, 5.74) is 2.23. The largest absolute Gasteiger partial charge is 0.387 e. The number of hydrogen-bond acceptors (Lipinski definition) is 2. The van der Waals surface area contributed by atoms with E-state index >= 15 is 0 Å². The van der Waals surface area contributed by atoms with Crippen LogP contribution < -0.4 is 5.32 Å². The molecular formula is C11H16FNO. The van der Waals surface area contributed by atoms with Crippen molar-refractivity contribution in [2.75, 3.05) is 13.6 Å². The predicted octanol–water partition coefficient (Wildman–Crippen LogP) is 1.70. The molecule has 0 aliphatic carbocycles. The fourth-order valence-corrected chi connectivity index (χ4v) is 1.51. The summed E-state index contributed by atoms with van der Waals surface area (Å²) < 4.78 is 13.4. The Morgan fingerprint density at radius 3 is 2.64 bits per heavy atom. The van der Waals surface area contributed by atoms with Crippen LogP contribution in [0.2, 0.25) is 0 Å². The summed E-state index contributed by atoms with van der Waals surface area (Å²) in [6.45, 7) is 4.10. The van der Waals surface area contributed by atoms with Gasteiger partial charge in [0.15, 0.2) is 0 Å². The van der Waals surface area contributed by atoms with Crippen molar-refractivity contribution in [2.24, 2.45) is 0 Å². The monoisotopic (exact) mass is 197 g/mol. The maximum absolute atomic E-state index is 13.4. The smallest absolute Gasteiger partial charge is 0.129 e. The lowest BCUT2D eigenvalue weighted by molar-refractivity contribution is 0.172. The molecule has 0 spiro atoms. The summed E-state index contributed by atoms with van der Waals surface area (Å²) in [6.07, 6.45) is -0.778. The number of likely N-dealkylation sites (N-methyl/N-ethyl adjacent to an activating group) is 1. The van der Waals surface area contributed by atoms with Crippen LogP contribution in [-0.2, 0) is 0 Å². The highest BCUT2D eigenvalue weighted by molar-refractivity contribution is 5.36. The Labute approximate surface area is 83.8 Å². The average molecular weight is 197 g/mol. The van der Waals surface area contributed by atoms with Gasteiger partial charge in [-0.3, -0.25) is 0 Å². The molecule has 0 radical (unpaired) electrons. The van der Waals surface area contributed by atoms with Crippen LogP contribution in [0.5, 0.6) is 0 Å². The number of hydrogen-bond donors (Lipinski definition) is 2. The van der Waals surface area contributed by atoms with Gasteiger partial charge >= 0.3 is 0 Å². The van der Waals surface area contributed by atoms with Gasteiger partial charge in [-0.15, -0.1) is 0 Å². The first-order valence-corrected chi connectivity index (χ1v) is 4.66. The normalized spacial score (nSPS) is 12.9. The molecule has 14 heavy (non-hydrogen) atoms. The molecule has 0 fully saturated rings. The second-order valence-corrected chi connectivity index (χ2v) is 3.48. The van der Waals surface area contributed by atoms with Gasteiger partial charge in [-0.05, 0) is 38.1 Å². The number of halogens is 1. The molecule has 0 amide bonds. The van der Waals surface area contributed by atoms with E-state index in [1.54, 1.807) is 13.1 Å². The summed E-state index contributed by atoms with van der Waals surface area (Å²) in [4.78, 5) is 0. The fourth-order valence-electron chi connectivity index (χ4n) is 1.51. The van der Waals surface area contributed by atoms with Crippen molar-refractivity contribution in [3.05, 3.63) is 34.6 Å². The third kappa shape index (κ3) is 2.11. The molecule has 2 nitrogen and oxygen atoms in total. The molecule has 1 aromatic carbocycles. The summed E-state index contributed by atoms with van der Waals surface area (Å²) in [7, 11) is 1.73. The van der Waals surface area contributed by atoms with Crippen molar-refractivity contribution in [3.63, 3.8) is 0 Å². The zero-order valence-electron chi connectivity index (χ0n) is 8.76. The van der Waals surface area contributed by atoms with Crippen molar-refractivity contribution in [3.8, 4) is 0 Å². The Hall–Kier alpha value is -0.930. The molecule has 1 aromatic rings. The minimum Gasteiger partial charge on any atom is -0.387 e. The minimum atomic E-state index is -0.778. The SMILES string of the molecule is CNCC(O)c1c(F)ccc(C)c1C. The summed E-state index contributed by atoms with van der Waals surface area (Å²) in [5, 5.41) is 12.5. The zero-order chi connectivity index (χ0) is 10.7. The molecule has 0 aromatic heterocycles. The standard InChI is InChI=1S/C11H16FNO/c1-7-4-5-9(12)11(8(7)2)10(14)6-13-3/h4-5,10,13-14H,6H2,1-3H3. The van der Waals surface area contributed by atoms with Gasteiger partial charge in [0.05, 0.1) is 6.10 Å². The lowest BCUT2D eigenvalue weighted by Gasteiger charge is -2.15. The van der Waals surface area contributed by atoms with Gasteiger partial charge in [-0.2, -0.15) is 0 Å². The minimum absolute atomic E-state index is 0.337. The van der Waals surface area contributed by atoms with Crippen molar-refractivity contribution in [1.29, 1.82) is 0 Å². The summed E-state index contributed by atoms with van der Waals surface area (Å²) in [6, 6.07) is 3.12. The van der Waals surface area contributed by atoms with E-state index in [2.05, 4.69) is 5.32 Å². The lowest BCUT2D eigenvalue weighted by atomic mass is 9.98. The van der Waals surface area contributed by atoms with E-state index in [0.717, 1.165) is 11.1 Å². The van der Waals surface area contributed by atoms with E-state index in [4.69, 9.17) is 0 Å². The maximum atomic E-state index is 13.4. The topological polar surface area (TPSA) is 32.3 Å². The number of aryl methyl sites for hydroxylation is 1. The Bertz CT molecular complexity index is 325. The molecule has 0 bridgehead atoms. The molecule has 0 saturated heterocycles. The third-order valence-electron chi connectivity index (χ3n) is 2.46. The van der Waals surface area contributed by atoms with Crippen LogP contribution in [0.3, 0.4) is 0 Å². The summed E-state index contributed by atoms with van der Waals surface area (Å²) >= 11 is 0. The number of nitrogens with one attached hydrogen (secondary N) is 1. The van der Waals surface area contributed by atoms with E-state index in [1.165, 1.54) is 6.07 Å². The molecule has 1 unspecified atom stereocenters. The van der Waals surface area contributed by atoms with Gasteiger partial charge in [0.25, 0.3) is 0 Å². The van der Waals surface area contributed by atoms with E-state index < -0.39 is 6.10 Å². The first-order valence-electron chi connectivity index (χ1n) is 4.66. The molecular weight excluding hydrogens is 181 g/mol. The third-order valence-corrected chi connectivity index (χ3v) is 2.46. The first kappa shape index (κ1) is 11.1. The van der Waals surface area contributed by atoms with Gasteiger partial charge in [0.2, 0.25) is 0 Å². The van der Waals surface area contributed by atoms with E-state index in [9.17, 15) is 9.50 Å². The van der Waals surface area contributed by atoms with Crippen LogP contribution in [0.1, 0.15) is 22.8 Å². The maximum Gasteiger partial charge on any atom is 0.129 e. The van der Waals surface area contributed by atoms with Crippen LogP contribution in [0.4, 0.5) is 4.39 Å². The van der Waals surface area contributed by atoms with Crippen molar-refractivity contribution in [1.82, 2.24) is 5.32 Å². The Kier molecular flexibility index (Phi) is 3.61. The van der Waals surface area contributed by atoms with Crippen LogP contribution >= 0.6 is 0 Å². The highest BCUT2D eigenvalue weighted by atomic mass is 19.1. The molecule has 3 heteroatoms.